The maximum Gasteiger partial charge on any atom is 0.317 e. The Labute approximate surface area is 137 Å². The monoisotopic (exact) mass is 337 g/mol. The Morgan fingerprint density at radius 3 is 2.65 bits per heavy atom. The van der Waals surface area contributed by atoms with Crippen molar-refractivity contribution in [3.05, 3.63) is 35.9 Å². The minimum absolute atomic E-state index is 0.112. The molecule has 2 atom stereocenters. The van der Waals surface area contributed by atoms with Crippen LogP contribution in [0.2, 0.25) is 0 Å². The van der Waals surface area contributed by atoms with Gasteiger partial charge in [0.25, 0.3) is 0 Å². The fraction of sp³-hybridized carbons (Fsp3) is 0.562. The van der Waals surface area contributed by atoms with Gasteiger partial charge in [-0.1, -0.05) is 30.3 Å². The molecule has 23 heavy (non-hydrogen) atoms. The van der Waals surface area contributed by atoms with Crippen LogP contribution in [0.3, 0.4) is 0 Å². The van der Waals surface area contributed by atoms with E-state index in [9.17, 15) is 13.2 Å². The van der Waals surface area contributed by atoms with Crippen molar-refractivity contribution >= 4 is 16.1 Å². The van der Waals surface area contributed by atoms with Crippen LogP contribution in [0.15, 0.2) is 30.3 Å². The van der Waals surface area contributed by atoms with E-state index in [1.807, 2.05) is 30.3 Å². The molecule has 2 saturated heterocycles. The topological polar surface area (TPSA) is 69.7 Å². The number of hydrogen-bond acceptors (Lipinski definition) is 3. The van der Waals surface area contributed by atoms with Gasteiger partial charge in [-0.3, -0.25) is 0 Å². The number of carbonyl (C=O) groups is 1. The fourth-order valence-corrected chi connectivity index (χ4v) is 5.47. The molecule has 1 aromatic rings. The summed E-state index contributed by atoms with van der Waals surface area (Å²) >= 11 is 0. The third-order valence-corrected chi connectivity index (χ3v) is 7.27. The first-order valence-electron chi connectivity index (χ1n) is 8.00. The maximum atomic E-state index is 12.3. The van der Waals surface area contributed by atoms with E-state index in [0.717, 1.165) is 12.0 Å². The molecule has 1 aromatic carbocycles. The Bertz CT molecular complexity index is 662. The zero-order chi connectivity index (χ0) is 16.4. The second kappa shape index (κ2) is 6.49. The average Bonchev–Trinajstić information content (AvgIpc) is 2.71. The van der Waals surface area contributed by atoms with E-state index in [1.165, 1.54) is 4.31 Å². The Kier molecular flexibility index (Phi) is 4.59. The summed E-state index contributed by atoms with van der Waals surface area (Å²) in [5, 5.41) is 2.58. The zero-order valence-electron chi connectivity index (χ0n) is 13.3. The van der Waals surface area contributed by atoms with Gasteiger partial charge in [-0.2, -0.15) is 0 Å². The third kappa shape index (κ3) is 3.35. The van der Waals surface area contributed by atoms with Gasteiger partial charge in [0.1, 0.15) is 0 Å². The summed E-state index contributed by atoms with van der Waals surface area (Å²) in [7, 11) is -1.53. The molecule has 3 rings (SSSR count). The number of benzene rings is 1. The first-order chi connectivity index (χ1) is 11.0. The van der Waals surface area contributed by atoms with Crippen molar-refractivity contribution in [3.8, 4) is 0 Å². The van der Waals surface area contributed by atoms with Crippen molar-refractivity contribution in [2.24, 2.45) is 5.92 Å². The van der Waals surface area contributed by atoms with Gasteiger partial charge in [-0.25, -0.2) is 17.5 Å². The van der Waals surface area contributed by atoms with Crippen molar-refractivity contribution in [1.29, 1.82) is 0 Å². The van der Waals surface area contributed by atoms with Gasteiger partial charge in [-0.05, 0) is 24.3 Å². The number of hydrogen-bond donors (Lipinski definition) is 1. The summed E-state index contributed by atoms with van der Waals surface area (Å²) in [6.07, 6.45) is 1.27. The van der Waals surface area contributed by atoms with E-state index in [0.29, 0.717) is 32.6 Å². The highest BCUT2D eigenvalue weighted by molar-refractivity contribution is 7.90. The summed E-state index contributed by atoms with van der Waals surface area (Å²) in [6, 6.07) is 9.65. The Balaban J connectivity index is 1.58. The van der Waals surface area contributed by atoms with Crippen LogP contribution >= 0.6 is 0 Å². The van der Waals surface area contributed by atoms with E-state index < -0.39 is 10.0 Å². The third-order valence-electron chi connectivity index (χ3n) is 4.86. The van der Waals surface area contributed by atoms with Crippen LogP contribution in [0.4, 0.5) is 4.79 Å². The standard InChI is InChI=1S/C16H23N3O3S/c1-18-12-14-7-9-19(10-8-15(14)23(18,21)22)16(20)17-11-13-5-3-2-4-6-13/h2-6,14-15H,7-12H2,1H3,(H,17,20)/t14-,15+/m0/s1. The highest BCUT2D eigenvalue weighted by Crippen LogP contribution is 2.33. The molecule has 0 aromatic heterocycles. The molecule has 6 nitrogen and oxygen atoms in total. The molecular formula is C16H23N3O3S. The molecule has 2 fully saturated rings. The largest absolute Gasteiger partial charge is 0.334 e. The Morgan fingerprint density at radius 2 is 1.91 bits per heavy atom. The van der Waals surface area contributed by atoms with Gasteiger partial charge < -0.3 is 10.2 Å². The highest BCUT2D eigenvalue weighted by Gasteiger charge is 2.45. The van der Waals surface area contributed by atoms with E-state index in [1.54, 1.807) is 11.9 Å². The molecular weight excluding hydrogens is 314 g/mol. The second-order valence-corrected chi connectivity index (χ2v) is 8.59. The SMILES string of the molecule is CN1C[C@@H]2CCN(C(=O)NCc3ccccc3)CC[C@H]2S1(=O)=O. The number of carbonyl (C=O) groups excluding carboxylic acids is 1. The van der Waals surface area contributed by atoms with Crippen LogP contribution in [0.25, 0.3) is 0 Å². The van der Waals surface area contributed by atoms with E-state index >= 15 is 0 Å². The van der Waals surface area contributed by atoms with Crippen molar-refractivity contribution < 1.29 is 13.2 Å². The number of rotatable bonds is 2. The minimum Gasteiger partial charge on any atom is -0.334 e. The molecule has 1 N–H and O–H groups in total. The van der Waals surface area contributed by atoms with Gasteiger partial charge >= 0.3 is 6.03 Å². The number of amides is 2. The van der Waals surface area contributed by atoms with Crippen molar-refractivity contribution in [2.75, 3.05) is 26.7 Å². The van der Waals surface area contributed by atoms with Gasteiger partial charge in [0, 0.05) is 33.2 Å². The number of likely N-dealkylation sites (tertiary alicyclic amines) is 1. The highest BCUT2D eigenvalue weighted by atomic mass is 32.2. The summed E-state index contributed by atoms with van der Waals surface area (Å²) < 4.78 is 26.0. The number of urea groups is 1. The molecule has 0 spiro atoms. The summed E-state index contributed by atoms with van der Waals surface area (Å²) in [4.78, 5) is 14.1. The van der Waals surface area contributed by atoms with Crippen LogP contribution in [-0.2, 0) is 16.6 Å². The van der Waals surface area contributed by atoms with Crippen molar-refractivity contribution in [3.63, 3.8) is 0 Å². The number of nitrogens with one attached hydrogen (secondary N) is 1. The summed E-state index contributed by atoms with van der Waals surface area (Å²) in [6.45, 7) is 2.18. The first-order valence-corrected chi connectivity index (χ1v) is 9.50. The quantitative estimate of drug-likeness (QED) is 0.883. The molecule has 0 unspecified atom stereocenters. The lowest BCUT2D eigenvalue weighted by Gasteiger charge is -2.22. The summed E-state index contributed by atoms with van der Waals surface area (Å²) in [5.41, 5.74) is 1.05. The maximum absolute atomic E-state index is 12.3. The van der Waals surface area contributed by atoms with Gasteiger partial charge in [-0.15, -0.1) is 0 Å². The van der Waals surface area contributed by atoms with Crippen LogP contribution in [0, 0.1) is 5.92 Å². The van der Waals surface area contributed by atoms with Crippen LogP contribution in [0.1, 0.15) is 18.4 Å². The molecule has 7 heteroatoms. The lowest BCUT2D eigenvalue weighted by Crippen LogP contribution is -2.40. The second-order valence-electron chi connectivity index (χ2n) is 6.33. The van der Waals surface area contributed by atoms with E-state index in [-0.39, 0.29) is 17.2 Å². The molecule has 0 aliphatic carbocycles. The molecule has 0 bridgehead atoms. The van der Waals surface area contributed by atoms with Crippen LogP contribution < -0.4 is 5.32 Å². The lowest BCUT2D eigenvalue weighted by atomic mass is 10.0. The van der Waals surface area contributed by atoms with Crippen molar-refractivity contribution in [2.45, 2.75) is 24.6 Å². The average molecular weight is 337 g/mol. The van der Waals surface area contributed by atoms with Crippen LogP contribution in [0.5, 0.6) is 0 Å². The van der Waals surface area contributed by atoms with E-state index in [2.05, 4.69) is 5.32 Å². The molecule has 2 heterocycles. The predicted octanol–water partition coefficient (Wildman–Crippen LogP) is 1.25. The zero-order valence-corrected chi connectivity index (χ0v) is 14.1. The van der Waals surface area contributed by atoms with E-state index in [4.69, 9.17) is 0 Å². The minimum atomic E-state index is -3.18. The normalized spacial score (nSPS) is 27.3. The first kappa shape index (κ1) is 16.3. The van der Waals surface area contributed by atoms with Crippen LogP contribution in [-0.4, -0.2) is 55.6 Å². The lowest BCUT2D eigenvalue weighted by molar-refractivity contribution is 0.198. The number of nitrogens with zero attached hydrogens (tertiary/aromatic N) is 2. The van der Waals surface area contributed by atoms with Gasteiger partial charge in [0.15, 0.2) is 0 Å². The molecule has 0 saturated carbocycles. The summed E-state index contributed by atoms with van der Waals surface area (Å²) in [5.74, 6) is 0.136. The molecule has 126 valence electrons. The van der Waals surface area contributed by atoms with Gasteiger partial charge in [0.2, 0.25) is 10.0 Å². The Hall–Kier alpha value is -1.60. The molecule has 0 radical (unpaired) electrons. The fourth-order valence-electron chi connectivity index (χ4n) is 3.49. The molecule has 2 amide bonds. The predicted molar refractivity (Wildman–Crippen MR) is 88.3 cm³/mol. The Morgan fingerprint density at radius 1 is 1.22 bits per heavy atom. The number of fused-ring (bicyclic) bond motifs is 1. The number of sulfonamides is 1. The van der Waals surface area contributed by atoms with Gasteiger partial charge in [0.05, 0.1) is 5.25 Å². The molecule has 2 aliphatic heterocycles. The van der Waals surface area contributed by atoms with Crippen molar-refractivity contribution in [1.82, 2.24) is 14.5 Å². The molecule has 2 aliphatic rings. The smallest absolute Gasteiger partial charge is 0.317 e.